The fraction of sp³-hybridized carbons (Fsp3) is 0.562. The van der Waals surface area contributed by atoms with Crippen LogP contribution in [0.15, 0.2) is 18.2 Å². The van der Waals surface area contributed by atoms with E-state index in [1.165, 1.54) is 18.2 Å². The average molecular weight is 328 g/mol. The van der Waals surface area contributed by atoms with Crippen molar-refractivity contribution in [3.63, 3.8) is 0 Å². The Bertz CT molecular complexity index is 536. The van der Waals surface area contributed by atoms with E-state index in [4.69, 9.17) is 9.84 Å². The summed E-state index contributed by atoms with van der Waals surface area (Å²) in [6.07, 6.45) is -0.189. The van der Waals surface area contributed by atoms with Gasteiger partial charge in [-0.1, -0.05) is 6.07 Å². The van der Waals surface area contributed by atoms with Gasteiger partial charge in [0.2, 0.25) is 0 Å². The Kier molecular flexibility index (Phi) is 6.04. The van der Waals surface area contributed by atoms with Crippen molar-refractivity contribution in [2.45, 2.75) is 19.1 Å². The molecule has 1 aliphatic heterocycles. The molecule has 1 N–H and O–H groups in total. The van der Waals surface area contributed by atoms with Crippen LogP contribution in [0.5, 0.6) is 0 Å². The molecular weight excluding hydrogens is 306 g/mol. The number of carboxylic acid groups (broad SMARTS) is 1. The molecule has 1 aromatic rings. The summed E-state index contributed by atoms with van der Waals surface area (Å²) in [6.45, 7) is 3.68. The monoisotopic (exact) mass is 328 g/mol. The van der Waals surface area contributed by atoms with Crippen LogP contribution in [0.4, 0.5) is 8.78 Å². The number of likely N-dealkylation sites (N-methyl/N-ethyl adjacent to an activating group) is 1. The number of morpholine rings is 1. The molecule has 0 spiro atoms. The summed E-state index contributed by atoms with van der Waals surface area (Å²) in [5.74, 6) is -2.01. The van der Waals surface area contributed by atoms with Crippen molar-refractivity contribution in [1.82, 2.24) is 9.80 Å². The summed E-state index contributed by atoms with van der Waals surface area (Å²) in [5.41, 5.74) is 0.0621. The Hall–Kier alpha value is -1.57. The van der Waals surface area contributed by atoms with Gasteiger partial charge in [-0.3, -0.25) is 14.6 Å². The number of carbonyl (C=O) groups is 1. The van der Waals surface area contributed by atoms with Crippen molar-refractivity contribution >= 4 is 5.97 Å². The highest BCUT2D eigenvalue weighted by atomic mass is 19.1. The van der Waals surface area contributed by atoms with E-state index >= 15 is 0 Å². The van der Waals surface area contributed by atoms with Gasteiger partial charge in [0, 0.05) is 31.2 Å². The second kappa shape index (κ2) is 7.81. The molecule has 2 rings (SSSR count). The zero-order valence-electron chi connectivity index (χ0n) is 13.3. The van der Waals surface area contributed by atoms with Crippen LogP contribution in [0.2, 0.25) is 0 Å². The summed E-state index contributed by atoms with van der Waals surface area (Å²) in [5, 5.41) is 8.79. The molecule has 5 nitrogen and oxygen atoms in total. The number of benzene rings is 1. The topological polar surface area (TPSA) is 53.0 Å². The van der Waals surface area contributed by atoms with E-state index in [-0.39, 0.29) is 18.2 Å². The lowest BCUT2D eigenvalue weighted by Crippen LogP contribution is -2.48. The number of nitrogens with zero attached hydrogens (tertiary/aromatic N) is 2. The van der Waals surface area contributed by atoms with Crippen LogP contribution < -0.4 is 0 Å². The van der Waals surface area contributed by atoms with Gasteiger partial charge in [-0.25, -0.2) is 8.78 Å². The van der Waals surface area contributed by atoms with Gasteiger partial charge in [0.25, 0.3) is 0 Å². The van der Waals surface area contributed by atoms with Gasteiger partial charge < -0.3 is 9.84 Å². The Morgan fingerprint density at radius 1 is 1.48 bits per heavy atom. The third-order valence-electron chi connectivity index (χ3n) is 4.06. The van der Waals surface area contributed by atoms with Gasteiger partial charge in [0.1, 0.15) is 11.6 Å². The predicted molar refractivity (Wildman–Crippen MR) is 81.2 cm³/mol. The van der Waals surface area contributed by atoms with Crippen molar-refractivity contribution in [2.24, 2.45) is 0 Å². The van der Waals surface area contributed by atoms with E-state index < -0.39 is 23.6 Å². The SMILES string of the molecule is CC(c1c(F)cccc1F)N1CCOC(CN(C)CC(=O)O)C1. The number of halogens is 2. The maximum atomic E-state index is 13.9. The Balaban J connectivity index is 2.01. The lowest BCUT2D eigenvalue weighted by Gasteiger charge is -2.38. The molecule has 1 fully saturated rings. The molecule has 2 atom stereocenters. The lowest BCUT2D eigenvalue weighted by molar-refractivity contribution is -0.138. The number of ether oxygens (including phenoxy) is 1. The van der Waals surface area contributed by atoms with Crippen LogP contribution in [0, 0.1) is 11.6 Å². The molecule has 0 aromatic heterocycles. The average Bonchev–Trinajstić information content (AvgIpc) is 2.46. The van der Waals surface area contributed by atoms with E-state index in [0.717, 1.165) is 0 Å². The molecule has 0 bridgehead atoms. The Morgan fingerprint density at radius 3 is 2.74 bits per heavy atom. The first-order valence-corrected chi connectivity index (χ1v) is 7.58. The van der Waals surface area contributed by atoms with E-state index in [9.17, 15) is 13.6 Å². The third-order valence-corrected chi connectivity index (χ3v) is 4.06. The van der Waals surface area contributed by atoms with Gasteiger partial charge in [0.05, 0.1) is 19.3 Å². The van der Waals surface area contributed by atoms with Crippen molar-refractivity contribution < 1.29 is 23.4 Å². The molecule has 1 aromatic carbocycles. The minimum Gasteiger partial charge on any atom is -0.480 e. The van der Waals surface area contributed by atoms with Gasteiger partial charge in [-0.2, -0.15) is 0 Å². The minimum absolute atomic E-state index is 0.0621. The number of carboxylic acids is 1. The first-order valence-electron chi connectivity index (χ1n) is 7.58. The molecule has 0 aliphatic carbocycles. The first-order chi connectivity index (χ1) is 10.9. The first kappa shape index (κ1) is 17.8. The van der Waals surface area contributed by atoms with Crippen molar-refractivity contribution in [1.29, 1.82) is 0 Å². The fourth-order valence-corrected chi connectivity index (χ4v) is 2.94. The molecule has 2 unspecified atom stereocenters. The second-order valence-electron chi connectivity index (χ2n) is 5.89. The van der Waals surface area contributed by atoms with E-state index in [0.29, 0.717) is 26.2 Å². The molecule has 0 saturated carbocycles. The van der Waals surface area contributed by atoms with Crippen LogP contribution in [0.1, 0.15) is 18.5 Å². The molecular formula is C16H22F2N2O3. The molecule has 23 heavy (non-hydrogen) atoms. The van der Waals surface area contributed by atoms with E-state index in [2.05, 4.69) is 0 Å². The molecule has 1 saturated heterocycles. The Morgan fingerprint density at radius 2 is 2.13 bits per heavy atom. The smallest absolute Gasteiger partial charge is 0.317 e. The normalized spacial score (nSPS) is 20.7. The quantitative estimate of drug-likeness (QED) is 0.862. The summed E-state index contributed by atoms with van der Waals surface area (Å²) in [6, 6.07) is 3.46. The largest absolute Gasteiger partial charge is 0.480 e. The van der Waals surface area contributed by atoms with Crippen molar-refractivity contribution in [3.8, 4) is 0 Å². The highest BCUT2D eigenvalue weighted by Gasteiger charge is 2.28. The third kappa shape index (κ3) is 4.70. The lowest BCUT2D eigenvalue weighted by atomic mass is 10.0. The van der Waals surface area contributed by atoms with Crippen molar-refractivity contribution in [3.05, 3.63) is 35.4 Å². The van der Waals surface area contributed by atoms with Crippen LogP contribution >= 0.6 is 0 Å². The second-order valence-corrected chi connectivity index (χ2v) is 5.89. The molecule has 1 heterocycles. The highest BCUT2D eigenvalue weighted by molar-refractivity contribution is 5.69. The van der Waals surface area contributed by atoms with Crippen LogP contribution in [0.25, 0.3) is 0 Å². The zero-order valence-corrected chi connectivity index (χ0v) is 13.3. The zero-order chi connectivity index (χ0) is 17.0. The van der Waals surface area contributed by atoms with Crippen LogP contribution in [0.3, 0.4) is 0 Å². The minimum atomic E-state index is -0.901. The number of hydrogen-bond acceptors (Lipinski definition) is 4. The summed E-state index contributed by atoms with van der Waals surface area (Å²) < 4.78 is 33.5. The van der Waals surface area contributed by atoms with Gasteiger partial charge >= 0.3 is 5.97 Å². The predicted octanol–water partition coefficient (Wildman–Crippen LogP) is 1.74. The molecule has 128 valence electrons. The number of aliphatic carboxylic acids is 1. The maximum Gasteiger partial charge on any atom is 0.317 e. The number of rotatable bonds is 6. The van der Waals surface area contributed by atoms with Gasteiger partial charge in [0.15, 0.2) is 0 Å². The van der Waals surface area contributed by atoms with E-state index in [1.54, 1.807) is 18.9 Å². The van der Waals surface area contributed by atoms with Crippen LogP contribution in [-0.2, 0) is 9.53 Å². The molecule has 7 heteroatoms. The number of hydrogen-bond donors (Lipinski definition) is 1. The summed E-state index contributed by atoms with van der Waals surface area (Å²) >= 11 is 0. The standard InChI is InChI=1S/C16H22F2N2O3/c1-11(16-13(17)4-3-5-14(16)18)20-6-7-23-12(9-20)8-19(2)10-15(21)22/h3-5,11-12H,6-10H2,1-2H3,(H,21,22). The summed E-state index contributed by atoms with van der Waals surface area (Å²) in [7, 11) is 1.70. The Labute approximate surface area is 134 Å². The molecule has 0 radical (unpaired) electrons. The fourth-order valence-electron chi connectivity index (χ4n) is 2.94. The van der Waals surface area contributed by atoms with Crippen molar-refractivity contribution in [2.75, 3.05) is 39.8 Å². The van der Waals surface area contributed by atoms with E-state index in [1.807, 2.05) is 4.90 Å². The van der Waals surface area contributed by atoms with Gasteiger partial charge in [-0.05, 0) is 26.1 Å². The maximum absolute atomic E-state index is 13.9. The van der Waals surface area contributed by atoms with Gasteiger partial charge in [-0.15, -0.1) is 0 Å². The molecule has 0 amide bonds. The molecule has 1 aliphatic rings. The van der Waals surface area contributed by atoms with Crippen LogP contribution in [-0.4, -0.2) is 66.8 Å². The highest BCUT2D eigenvalue weighted by Crippen LogP contribution is 2.27. The summed E-state index contributed by atoms with van der Waals surface area (Å²) in [4.78, 5) is 14.3.